The molecule has 110 valence electrons. The Morgan fingerprint density at radius 1 is 1.26 bits per heavy atom. The van der Waals surface area contributed by atoms with Crippen LogP contribution in [-0.2, 0) is 9.47 Å². The van der Waals surface area contributed by atoms with Crippen LogP contribution in [0, 0.1) is 0 Å². The summed E-state index contributed by atoms with van der Waals surface area (Å²) < 4.78 is 11.4. The Balaban J connectivity index is 2.09. The number of nitrogens with zero attached hydrogens (tertiary/aromatic N) is 2. The fraction of sp³-hybridized carbons (Fsp3) is 0.933. The molecule has 2 aliphatic rings. The van der Waals surface area contributed by atoms with Gasteiger partial charge in [-0.3, -0.25) is 5.01 Å². The third-order valence-electron chi connectivity index (χ3n) is 3.79. The molecule has 0 aromatic carbocycles. The summed E-state index contributed by atoms with van der Waals surface area (Å²) in [5.41, 5.74) is 1.04. The quantitative estimate of drug-likeness (QED) is 0.789. The van der Waals surface area contributed by atoms with Gasteiger partial charge in [-0.05, 0) is 40.5 Å². The molecule has 0 bridgehead atoms. The molecule has 2 saturated heterocycles. The van der Waals surface area contributed by atoms with Crippen LogP contribution in [0.15, 0.2) is 5.10 Å². The molecule has 2 heterocycles. The zero-order chi connectivity index (χ0) is 14.1. The van der Waals surface area contributed by atoms with Crippen LogP contribution in [0.5, 0.6) is 0 Å². The van der Waals surface area contributed by atoms with E-state index < -0.39 is 0 Å². The molecule has 2 rings (SSSR count). The van der Waals surface area contributed by atoms with E-state index in [1.54, 1.807) is 7.11 Å². The van der Waals surface area contributed by atoms with Gasteiger partial charge in [0.2, 0.25) is 0 Å². The molecule has 1 atom stereocenters. The maximum atomic E-state index is 6.11. The minimum Gasteiger partial charge on any atom is -0.382 e. The second-order valence-corrected chi connectivity index (χ2v) is 7.06. The highest BCUT2D eigenvalue weighted by Crippen LogP contribution is 2.34. The Morgan fingerprint density at radius 3 is 2.47 bits per heavy atom. The first-order chi connectivity index (χ1) is 8.81. The van der Waals surface area contributed by atoms with Gasteiger partial charge in [0.25, 0.3) is 0 Å². The highest BCUT2D eigenvalue weighted by atomic mass is 16.5. The fourth-order valence-electron chi connectivity index (χ4n) is 3.43. The van der Waals surface area contributed by atoms with Crippen molar-refractivity contribution in [3.8, 4) is 0 Å². The van der Waals surface area contributed by atoms with Crippen molar-refractivity contribution in [3.63, 3.8) is 0 Å². The first-order valence-corrected chi connectivity index (χ1v) is 7.33. The van der Waals surface area contributed by atoms with Crippen molar-refractivity contribution in [2.75, 3.05) is 20.3 Å². The minimum atomic E-state index is -0.114. The number of hydrogen-bond acceptors (Lipinski definition) is 4. The van der Waals surface area contributed by atoms with Crippen molar-refractivity contribution in [2.24, 2.45) is 5.10 Å². The molecule has 0 radical (unpaired) electrons. The van der Waals surface area contributed by atoms with Crippen LogP contribution in [0.4, 0.5) is 0 Å². The maximum absolute atomic E-state index is 6.11. The van der Waals surface area contributed by atoms with E-state index in [4.69, 9.17) is 14.6 Å². The van der Waals surface area contributed by atoms with E-state index in [-0.39, 0.29) is 11.2 Å². The summed E-state index contributed by atoms with van der Waals surface area (Å²) in [6, 6.07) is 0.451. The molecule has 19 heavy (non-hydrogen) atoms. The van der Waals surface area contributed by atoms with Gasteiger partial charge < -0.3 is 9.47 Å². The highest BCUT2D eigenvalue weighted by Gasteiger charge is 2.38. The Labute approximate surface area is 117 Å². The summed E-state index contributed by atoms with van der Waals surface area (Å²) >= 11 is 0. The van der Waals surface area contributed by atoms with Gasteiger partial charge in [-0.25, -0.2) is 0 Å². The normalized spacial score (nSPS) is 29.6. The number of hydrazone groups is 1. The minimum absolute atomic E-state index is 0.114. The Bertz CT molecular complexity index is 332. The lowest BCUT2D eigenvalue weighted by atomic mass is 9.87. The van der Waals surface area contributed by atoms with E-state index >= 15 is 0 Å². The molecule has 4 heteroatoms. The van der Waals surface area contributed by atoms with E-state index in [2.05, 4.69) is 32.7 Å². The van der Waals surface area contributed by atoms with Gasteiger partial charge >= 0.3 is 0 Å². The molecule has 0 aromatic heterocycles. The van der Waals surface area contributed by atoms with E-state index in [9.17, 15) is 0 Å². The van der Waals surface area contributed by atoms with Crippen molar-refractivity contribution in [1.29, 1.82) is 0 Å². The van der Waals surface area contributed by atoms with Crippen LogP contribution in [0.1, 0.15) is 53.4 Å². The lowest BCUT2D eigenvalue weighted by Gasteiger charge is -2.42. The van der Waals surface area contributed by atoms with E-state index in [1.807, 2.05) is 0 Å². The Hall–Kier alpha value is -0.610. The second-order valence-electron chi connectivity index (χ2n) is 7.06. The molecule has 4 nitrogen and oxygen atoms in total. The lowest BCUT2D eigenvalue weighted by molar-refractivity contribution is -0.127. The monoisotopic (exact) mass is 268 g/mol. The Kier molecular flexibility index (Phi) is 4.21. The molecule has 0 aliphatic carbocycles. The summed E-state index contributed by atoms with van der Waals surface area (Å²) in [7, 11) is 1.77. The van der Waals surface area contributed by atoms with Crippen LogP contribution in [0.25, 0.3) is 0 Å². The predicted octanol–water partition coefficient (Wildman–Crippen LogP) is 2.82. The smallest absolute Gasteiger partial charge is 0.0704 e. The molecule has 0 N–H and O–H groups in total. The van der Waals surface area contributed by atoms with Crippen molar-refractivity contribution >= 4 is 5.71 Å². The van der Waals surface area contributed by atoms with Crippen molar-refractivity contribution in [3.05, 3.63) is 0 Å². The van der Waals surface area contributed by atoms with Crippen LogP contribution in [0.2, 0.25) is 0 Å². The molecule has 0 spiro atoms. The zero-order valence-corrected chi connectivity index (χ0v) is 13.0. The predicted molar refractivity (Wildman–Crippen MR) is 77.5 cm³/mol. The largest absolute Gasteiger partial charge is 0.382 e. The molecule has 0 aromatic rings. The number of ether oxygens (including phenoxy) is 2. The zero-order valence-electron chi connectivity index (χ0n) is 13.0. The van der Waals surface area contributed by atoms with E-state index in [1.165, 1.54) is 18.6 Å². The van der Waals surface area contributed by atoms with Crippen LogP contribution in [0.3, 0.4) is 0 Å². The van der Waals surface area contributed by atoms with Crippen LogP contribution < -0.4 is 0 Å². The third kappa shape index (κ3) is 3.93. The number of methoxy groups -OCH3 is 1. The second kappa shape index (κ2) is 5.41. The van der Waals surface area contributed by atoms with Gasteiger partial charge in [-0.2, -0.15) is 5.10 Å². The Morgan fingerprint density at radius 2 is 1.89 bits per heavy atom. The van der Waals surface area contributed by atoms with Crippen LogP contribution in [-0.4, -0.2) is 48.2 Å². The van der Waals surface area contributed by atoms with Gasteiger partial charge in [-0.15, -0.1) is 0 Å². The van der Waals surface area contributed by atoms with Gasteiger partial charge in [0.1, 0.15) is 0 Å². The van der Waals surface area contributed by atoms with E-state index in [0.717, 1.165) is 26.0 Å². The summed E-state index contributed by atoms with van der Waals surface area (Å²) in [6.45, 7) is 10.4. The average molecular weight is 268 g/mol. The van der Waals surface area contributed by atoms with Gasteiger partial charge in [-0.1, -0.05) is 0 Å². The molecule has 0 amide bonds. The number of hydrogen-bond donors (Lipinski definition) is 0. The highest BCUT2D eigenvalue weighted by molar-refractivity contribution is 5.86. The summed E-state index contributed by atoms with van der Waals surface area (Å²) in [4.78, 5) is 0. The molecular formula is C15H28N2O2. The standard InChI is InChI=1S/C15H28N2O2/c1-14(2)9-12(10-15(3,4)19-14)16-17-8-6-7-13(17)11-18-5/h13H,6-11H2,1-5H3/t13-/m0/s1. The molecule has 2 aliphatic heterocycles. The SMILES string of the molecule is COC[C@@H]1CCCN1N=C1CC(C)(C)OC(C)(C)C1. The lowest BCUT2D eigenvalue weighted by Crippen LogP contribution is -2.46. The van der Waals surface area contributed by atoms with Gasteiger partial charge in [0.05, 0.1) is 23.9 Å². The van der Waals surface area contributed by atoms with E-state index in [0.29, 0.717) is 6.04 Å². The first-order valence-electron chi connectivity index (χ1n) is 7.33. The summed E-state index contributed by atoms with van der Waals surface area (Å²) in [5, 5.41) is 7.15. The fourth-order valence-corrected chi connectivity index (χ4v) is 3.43. The van der Waals surface area contributed by atoms with Gasteiger partial charge in [0, 0.05) is 32.2 Å². The topological polar surface area (TPSA) is 34.1 Å². The number of rotatable bonds is 3. The van der Waals surface area contributed by atoms with Crippen molar-refractivity contribution in [1.82, 2.24) is 5.01 Å². The summed E-state index contributed by atoms with van der Waals surface area (Å²) in [6.07, 6.45) is 4.25. The van der Waals surface area contributed by atoms with Gasteiger partial charge in [0.15, 0.2) is 0 Å². The summed E-state index contributed by atoms with van der Waals surface area (Å²) in [5.74, 6) is 0. The molecule has 0 saturated carbocycles. The molecule has 0 unspecified atom stereocenters. The molecule has 2 fully saturated rings. The van der Waals surface area contributed by atoms with Crippen LogP contribution >= 0.6 is 0 Å². The third-order valence-corrected chi connectivity index (χ3v) is 3.79. The average Bonchev–Trinajstić information content (AvgIpc) is 2.61. The molecular weight excluding hydrogens is 240 g/mol. The van der Waals surface area contributed by atoms with Crippen molar-refractivity contribution in [2.45, 2.75) is 70.6 Å². The van der Waals surface area contributed by atoms with Crippen molar-refractivity contribution < 1.29 is 9.47 Å². The maximum Gasteiger partial charge on any atom is 0.0704 e. The first kappa shape index (κ1) is 14.8.